The minimum Gasteiger partial charge on any atom is -0.308 e. The molecule has 8 heteroatoms. The van der Waals surface area contributed by atoms with Crippen LogP contribution < -0.4 is 16.8 Å². The molecule has 0 unspecified atom stereocenters. The van der Waals surface area contributed by atoms with Crippen LogP contribution in [-0.2, 0) is 0 Å². The number of rotatable bonds is 2. The van der Waals surface area contributed by atoms with E-state index in [-0.39, 0.29) is 5.56 Å². The summed E-state index contributed by atoms with van der Waals surface area (Å²) in [6, 6.07) is 17.2. The van der Waals surface area contributed by atoms with Gasteiger partial charge in [-0.3, -0.25) is 9.20 Å². The second-order valence-corrected chi connectivity index (χ2v) is 6.55. The first kappa shape index (κ1) is 14.1. The Morgan fingerprint density at radius 2 is 1.80 bits per heavy atom. The van der Waals surface area contributed by atoms with Crippen molar-refractivity contribution in [3.63, 3.8) is 0 Å². The van der Waals surface area contributed by atoms with Gasteiger partial charge in [-0.25, -0.2) is 10.5 Å². The maximum atomic E-state index is 13.2. The summed E-state index contributed by atoms with van der Waals surface area (Å²) in [6.07, 6.45) is 0. The highest BCUT2D eigenvalue weighted by molar-refractivity contribution is 7.23. The van der Waals surface area contributed by atoms with Crippen molar-refractivity contribution in [2.24, 2.45) is 5.84 Å². The maximum Gasteiger partial charge on any atom is 0.272 e. The van der Waals surface area contributed by atoms with Gasteiger partial charge in [-0.1, -0.05) is 41.7 Å². The topological polar surface area (TPSA) is 90.2 Å². The summed E-state index contributed by atoms with van der Waals surface area (Å²) in [6.45, 7) is 0. The molecule has 2 aromatic carbocycles. The van der Waals surface area contributed by atoms with Gasteiger partial charge in [0, 0.05) is 0 Å². The molecule has 0 aliphatic carbocycles. The van der Waals surface area contributed by atoms with E-state index < -0.39 is 0 Å². The van der Waals surface area contributed by atoms with Crippen molar-refractivity contribution in [3.8, 4) is 5.69 Å². The summed E-state index contributed by atoms with van der Waals surface area (Å²) >= 11 is 1.46. The molecule has 0 bridgehead atoms. The molecule has 3 aromatic heterocycles. The fourth-order valence-electron chi connectivity index (χ4n) is 3.02. The Morgan fingerprint density at radius 1 is 1.04 bits per heavy atom. The summed E-state index contributed by atoms with van der Waals surface area (Å²) in [5, 5.41) is 4.86. The summed E-state index contributed by atoms with van der Waals surface area (Å²) in [5.41, 5.74) is 4.42. The lowest BCUT2D eigenvalue weighted by Gasteiger charge is -2.05. The molecule has 7 nitrogen and oxygen atoms in total. The second kappa shape index (κ2) is 5.13. The average Bonchev–Trinajstić information content (AvgIpc) is 3.20. The molecule has 3 N–H and O–H groups in total. The fourth-order valence-corrected chi connectivity index (χ4v) is 4.03. The molecule has 5 rings (SSSR count). The molecular weight excluding hydrogens is 336 g/mol. The van der Waals surface area contributed by atoms with Crippen molar-refractivity contribution in [2.45, 2.75) is 0 Å². The molecule has 0 amide bonds. The maximum absolute atomic E-state index is 13.2. The molecule has 0 saturated carbocycles. The molecular formula is C17H12N6OS. The van der Waals surface area contributed by atoms with Gasteiger partial charge in [0.05, 0.1) is 15.9 Å². The van der Waals surface area contributed by atoms with Crippen molar-refractivity contribution in [2.75, 3.05) is 5.43 Å². The van der Waals surface area contributed by atoms with E-state index in [1.54, 1.807) is 9.08 Å². The number of nitrogens with one attached hydrogen (secondary N) is 1. The van der Waals surface area contributed by atoms with E-state index in [0.717, 1.165) is 15.9 Å². The highest BCUT2D eigenvalue weighted by Gasteiger charge is 2.20. The number of aromatic nitrogens is 4. The third-order valence-corrected chi connectivity index (χ3v) is 5.14. The van der Waals surface area contributed by atoms with Gasteiger partial charge in [-0.05, 0) is 24.3 Å². The van der Waals surface area contributed by atoms with Crippen molar-refractivity contribution in [1.29, 1.82) is 0 Å². The monoisotopic (exact) mass is 348 g/mol. The van der Waals surface area contributed by atoms with Crippen molar-refractivity contribution >= 4 is 43.4 Å². The highest BCUT2D eigenvalue weighted by Crippen LogP contribution is 2.27. The van der Waals surface area contributed by atoms with Gasteiger partial charge in [-0.2, -0.15) is 4.98 Å². The van der Waals surface area contributed by atoms with E-state index in [2.05, 4.69) is 15.5 Å². The molecule has 0 spiro atoms. The second-order valence-electron chi connectivity index (χ2n) is 5.54. The van der Waals surface area contributed by atoms with Crippen LogP contribution >= 0.6 is 11.3 Å². The normalized spacial score (nSPS) is 11.6. The van der Waals surface area contributed by atoms with E-state index in [1.807, 2.05) is 54.6 Å². The van der Waals surface area contributed by atoms with Gasteiger partial charge in [0.25, 0.3) is 5.56 Å². The van der Waals surface area contributed by atoms with Crippen LogP contribution in [-0.4, -0.2) is 19.2 Å². The zero-order chi connectivity index (χ0) is 17.0. The van der Waals surface area contributed by atoms with Gasteiger partial charge in [0.1, 0.15) is 5.39 Å². The van der Waals surface area contributed by atoms with Gasteiger partial charge in [-0.15, -0.1) is 5.10 Å². The van der Waals surface area contributed by atoms with E-state index in [4.69, 9.17) is 5.84 Å². The average molecular weight is 348 g/mol. The summed E-state index contributed by atoms with van der Waals surface area (Å²) < 4.78 is 4.21. The fraction of sp³-hybridized carbons (Fsp3) is 0. The lowest BCUT2D eigenvalue weighted by atomic mass is 10.3. The van der Waals surface area contributed by atoms with Gasteiger partial charge in [0.2, 0.25) is 0 Å². The molecule has 3 heterocycles. The van der Waals surface area contributed by atoms with Crippen LogP contribution in [0.4, 0.5) is 5.82 Å². The van der Waals surface area contributed by atoms with Crippen molar-refractivity contribution in [3.05, 3.63) is 65.0 Å². The Bertz CT molecular complexity index is 1300. The largest absolute Gasteiger partial charge is 0.308 e. The Labute approximate surface area is 144 Å². The SMILES string of the molecule is NNc1c2c(=O)n3c(nc2nn1-c1ccccc1)sc1ccccc13. The quantitative estimate of drug-likeness (QED) is 0.378. The summed E-state index contributed by atoms with van der Waals surface area (Å²) in [4.78, 5) is 18.4. The predicted molar refractivity (Wildman–Crippen MR) is 99.3 cm³/mol. The van der Waals surface area contributed by atoms with E-state index >= 15 is 0 Å². The first-order valence-electron chi connectivity index (χ1n) is 7.63. The van der Waals surface area contributed by atoms with Crippen LogP contribution in [0.3, 0.4) is 0 Å². The molecule has 0 atom stereocenters. The predicted octanol–water partition coefficient (Wildman–Crippen LogP) is 2.53. The number of fused-ring (bicyclic) bond motifs is 4. The molecule has 0 radical (unpaired) electrons. The van der Waals surface area contributed by atoms with Crippen LogP contribution in [0.15, 0.2) is 59.4 Å². The Hall–Kier alpha value is -3.23. The lowest BCUT2D eigenvalue weighted by molar-refractivity contribution is 0.890. The minimum atomic E-state index is -0.187. The number of benzene rings is 2. The minimum absolute atomic E-state index is 0.187. The summed E-state index contributed by atoms with van der Waals surface area (Å²) in [5.74, 6) is 6.14. The number of anilines is 1. The zero-order valence-corrected chi connectivity index (χ0v) is 13.7. The van der Waals surface area contributed by atoms with Crippen LogP contribution in [0, 0.1) is 0 Å². The number of hydrogen-bond acceptors (Lipinski definition) is 6. The Morgan fingerprint density at radius 3 is 2.60 bits per heavy atom. The Balaban J connectivity index is 1.95. The zero-order valence-electron chi connectivity index (χ0n) is 12.9. The van der Waals surface area contributed by atoms with E-state index in [1.165, 1.54) is 11.3 Å². The van der Waals surface area contributed by atoms with Gasteiger partial charge < -0.3 is 5.43 Å². The summed E-state index contributed by atoms with van der Waals surface area (Å²) in [7, 11) is 0. The van der Waals surface area contributed by atoms with Crippen LogP contribution in [0.5, 0.6) is 0 Å². The molecule has 25 heavy (non-hydrogen) atoms. The molecule has 122 valence electrons. The van der Waals surface area contributed by atoms with Crippen molar-refractivity contribution in [1.82, 2.24) is 19.2 Å². The standard InChI is InChI=1S/C17H12N6OS/c18-20-15-13-14(21-23(15)10-6-2-1-3-7-10)19-17-22(16(13)24)11-8-4-5-9-12(11)25-17/h1-9,20H,18H2. The number of hydrogen-bond donors (Lipinski definition) is 2. The van der Waals surface area contributed by atoms with Crippen LogP contribution in [0.2, 0.25) is 0 Å². The molecule has 0 fully saturated rings. The van der Waals surface area contributed by atoms with E-state index in [0.29, 0.717) is 21.8 Å². The third-order valence-electron chi connectivity index (χ3n) is 4.12. The van der Waals surface area contributed by atoms with Crippen molar-refractivity contribution < 1.29 is 0 Å². The molecule has 0 aliphatic heterocycles. The highest BCUT2D eigenvalue weighted by atomic mass is 32.1. The molecule has 5 aromatic rings. The first-order valence-corrected chi connectivity index (χ1v) is 8.44. The first-order chi connectivity index (χ1) is 12.3. The third kappa shape index (κ3) is 1.92. The number of nitrogen functional groups attached to an aromatic ring is 1. The Kier molecular flexibility index (Phi) is 2.90. The van der Waals surface area contributed by atoms with Gasteiger partial charge in [0.15, 0.2) is 16.4 Å². The number of thiazole rings is 1. The number of para-hydroxylation sites is 2. The number of nitrogens with zero attached hydrogens (tertiary/aromatic N) is 4. The molecule has 0 saturated heterocycles. The van der Waals surface area contributed by atoms with Gasteiger partial charge >= 0.3 is 0 Å². The van der Waals surface area contributed by atoms with Crippen LogP contribution in [0.1, 0.15) is 0 Å². The molecule has 0 aliphatic rings. The van der Waals surface area contributed by atoms with Crippen LogP contribution in [0.25, 0.3) is 31.9 Å². The lowest BCUT2D eigenvalue weighted by Crippen LogP contribution is -2.17. The smallest absolute Gasteiger partial charge is 0.272 e. The number of nitrogens with two attached hydrogens (primary N) is 1. The number of hydrazine groups is 1. The van der Waals surface area contributed by atoms with E-state index in [9.17, 15) is 4.79 Å².